The van der Waals surface area contributed by atoms with Crippen molar-refractivity contribution in [2.24, 2.45) is 35.5 Å². The molecule has 0 spiro atoms. The fraction of sp³-hybridized carbons (Fsp3) is 0.750. The van der Waals surface area contributed by atoms with Crippen molar-refractivity contribution in [2.45, 2.75) is 75.1 Å². The maximum Gasteiger partial charge on any atom is 0.135 e. The smallest absolute Gasteiger partial charge is 0.135 e. The Hall–Kier alpha value is -1.98. The van der Waals surface area contributed by atoms with Gasteiger partial charge >= 0.3 is 0 Å². The molecule has 3 aliphatic heterocycles. The molecule has 0 bridgehead atoms. The van der Waals surface area contributed by atoms with Crippen LogP contribution >= 0.6 is 0 Å². The first-order valence-corrected chi connectivity index (χ1v) is 11.7. The van der Waals surface area contributed by atoms with Crippen molar-refractivity contribution in [1.82, 2.24) is 0 Å². The quantitative estimate of drug-likeness (QED) is 0.600. The lowest BCUT2D eigenvalue weighted by molar-refractivity contribution is -0.200. The van der Waals surface area contributed by atoms with Gasteiger partial charge in [-0.1, -0.05) is 0 Å². The lowest BCUT2D eigenvalue weighted by Crippen LogP contribution is -2.60. The van der Waals surface area contributed by atoms with Gasteiger partial charge in [0.2, 0.25) is 0 Å². The highest BCUT2D eigenvalue weighted by Gasteiger charge is 2.60. The third kappa shape index (κ3) is 2.61. The highest BCUT2D eigenvalue weighted by Crippen LogP contribution is 2.61. The van der Waals surface area contributed by atoms with Gasteiger partial charge in [0.15, 0.2) is 0 Å². The van der Waals surface area contributed by atoms with Gasteiger partial charge in [-0.25, -0.2) is 0 Å². The highest BCUT2D eigenvalue weighted by atomic mass is 16.6. The van der Waals surface area contributed by atoms with E-state index < -0.39 is 0 Å². The fourth-order valence-corrected chi connectivity index (χ4v) is 8.18. The number of rotatable bonds is 0. The van der Waals surface area contributed by atoms with Gasteiger partial charge in [0.05, 0.1) is 0 Å². The van der Waals surface area contributed by atoms with Crippen LogP contribution in [-0.2, 0) is 28.4 Å². The van der Waals surface area contributed by atoms with Crippen molar-refractivity contribution in [3.8, 4) is 0 Å². The Morgan fingerprint density at radius 1 is 0.300 bits per heavy atom. The summed E-state index contributed by atoms with van der Waals surface area (Å²) in [6, 6.07) is 0. The van der Waals surface area contributed by atoms with Crippen LogP contribution in [0.2, 0.25) is 0 Å². The van der Waals surface area contributed by atoms with E-state index in [1.54, 1.807) is 37.6 Å². The molecule has 162 valence electrons. The molecule has 0 N–H and O–H groups in total. The van der Waals surface area contributed by atoms with E-state index in [4.69, 9.17) is 28.4 Å². The zero-order valence-electron chi connectivity index (χ0n) is 17.1. The van der Waals surface area contributed by atoms with Crippen molar-refractivity contribution in [3.05, 3.63) is 37.6 Å². The number of hydrogen-bond acceptors (Lipinski definition) is 6. The molecular formula is C24H30O6. The Kier molecular flexibility index (Phi) is 3.98. The molecule has 4 fully saturated rings. The van der Waals surface area contributed by atoms with Crippen molar-refractivity contribution in [1.29, 1.82) is 0 Å². The number of ether oxygens (including phenoxy) is 6. The molecule has 6 atom stereocenters. The summed E-state index contributed by atoms with van der Waals surface area (Å²) in [5.74, 6) is 3.91. The molecule has 6 heteroatoms. The second-order valence-electron chi connectivity index (χ2n) is 10.3. The molecule has 3 heterocycles. The van der Waals surface area contributed by atoms with E-state index in [-0.39, 0.29) is 36.6 Å². The molecule has 7 aliphatic rings. The summed E-state index contributed by atoms with van der Waals surface area (Å²) in [5, 5.41) is 0. The van der Waals surface area contributed by atoms with Gasteiger partial charge in [-0.2, -0.15) is 0 Å². The second-order valence-corrected chi connectivity index (χ2v) is 10.3. The Morgan fingerprint density at radius 2 is 0.467 bits per heavy atom. The van der Waals surface area contributed by atoms with E-state index >= 15 is 0 Å². The minimum Gasteiger partial charge on any atom is -0.491 e. The van der Waals surface area contributed by atoms with Crippen LogP contribution in [0.3, 0.4) is 0 Å². The average Bonchev–Trinajstić information content (AvgIpc) is 2.81. The molecule has 0 aromatic heterocycles. The van der Waals surface area contributed by atoms with Crippen molar-refractivity contribution >= 4 is 0 Å². The van der Waals surface area contributed by atoms with Crippen molar-refractivity contribution in [2.75, 3.05) is 0 Å². The van der Waals surface area contributed by atoms with E-state index in [1.807, 2.05) is 0 Å². The molecular weight excluding hydrogens is 384 g/mol. The SMILES string of the molecule is C1=COC2CC3C(CC2O1)C1CC2OC=COC2CC1C1CC2OC=COC2CC31. The van der Waals surface area contributed by atoms with Gasteiger partial charge in [-0.05, 0) is 74.0 Å². The van der Waals surface area contributed by atoms with Gasteiger partial charge in [-0.15, -0.1) is 0 Å². The summed E-state index contributed by atoms with van der Waals surface area (Å²) >= 11 is 0. The Morgan fingerprint density at radius 3 is 0.633 bits per heavy atom. The first-order valence-electron chi connectivity index (χ1n) is 11.7. The molecule has 6 nitrogen and oxygen atoms in total. The topological polar surface area (TPSA) is 55.4 Å². The van der Waals surface area contributed by atoms with Crippen molar-refractivity contribution < 1.29 is 28.4 Å². The molecule has 0 saturated heterocycles. The summed E-state index contributed by atoms with van der Waals surface area (Å²) in [5.41, 5.74) is 0. The second kappa shape index (κ2) is 6.76. The maximum atomic E-state index is 6.01. The summed E-state index contributed by atoms with van der Waals surface area (Å²) in [6.45, 7) is 0. The normalized spacial score (nSPS) is 54.4. The molecule has 4 saturated carbocycles. The monoisotopic (exact) mass is 414 g/mol. The predicted octanol–water partition coefficient (Wildman–Crippen LogP) is 3.84. The maximum absolute atomic E-state index is 6.01. The van der Waals surface area contributed by atoms with Gasteiger partial charge in [0.25, 0.3) is 0 Å². The molecule has 0 radical (unpaired) electrons. The molecule has 0 aromatic carbocycles. The predicted molar refractivity (Wildman–Crippen MR) is 105 cm³/mol. The van der Waals surface area contributed by atoms with E-state index in [9.17, 15) is 0 Å². The van der Waals surface area contributed by atoms with E-state index in [1.165, 1.54) is 0 Å². The standard InChI is InChI=1S/C24H30O6/c1-2-26-20-8-14-13(7-19(20)25-1)15-9-21-23(29-4-3-27-21)11-17(15)18-12-24-22(10-16(14)18)28-5-6-30-24/h1-6,13-24H,7-12H2. The van der Waals surface area contributed by atoms with Crippen LogP contribution in [0.15, 0.2) is 37.6 Å². The first kappa shape index (κ1) is 17.7. The Labute approximate surface area is 177 Å². The Bertz CT molecular complexity index is 591. The largest absolute Gasteiger partial charge is 0.491 e. The molecule has 0 amide bonds. The van der Waals surface area contributed by atoms with Gasteiger partial charge in [-0.3, -0.25) is 0 Å². The molecule has 0 aromatic rings. The average molecular weight is 414 g/mol. The van der Waals surface area contributed by atoms with Gasteiger partial charge in [0.1, 0.15) is 74.2 Å². The highest BCUT2D eigenvalue weighted by molar-refractivity contribution is 5.09. The van der Waals surface area contributed by atoms with Crippen LogP contribution in [0.4, 0.5) is 0 Å². The fourth-order valence-electron chi connectivity index (χ4n) is 8.18. The summed E-state index contributed by atoms with van der Waals surface area (Å²) in [6.07, 6.45) is 18.0. The van der Waals surface area contributed by atoms with E-state index in [0.717, 1.165) is 38.5 Å². The summed E-state index contributed by atoms with van der Waals surface area (Å²) < 4.78 is 36.1. The van der Waals surface area contributed by atoms with Crippen molar-refractivity contribution in [3.63, 3.8) is 0 Å². The Balaban J connectivity index is 1.24. The van der Waals surface area contributed by atoms with Crippen LogP contribution in [0.25, 0.3) is 0 Å². The minimum atomic E-state index is 0.183. The third-order valence-electron chi connectivity index (χ3n) is 9.26. The van der Waals surface area contributed by atoms with Crippen LogP contribution in [0.5, 0.6) is 0 Å². The third-order valence-corrected chi connectivity index (χ3v) is 9.26. The van der Waals surface area contributed by atoms with E-state index in [2.05, 4.69) is 0 Å². The van der Waals surface area contributed by atoms with Gasteiger partial charge in [0, 0.05) is 0 Å². The summed E-state index contributed by atoms with van der Waals surface area (Å²) in [7, 11) is 0. The summed E-state index contributed by atoms with van der Waals surface area (Å²) in [4.78, 5) is 0. The zero-order valence-corrected chi connectivity index (χ0v) is 17.1. The first-order chi connectivity index (χ1) is 14.8. The van der Waals surface area contributed by atoms with Gasteiger partial charge < -0.3 is 28.4 Å². The molecule has 7 rings (SSSR count). The lowest BCUT2D eigenvalue weighted by Gasteiger charge is -2.61. The molecule has 6 unspecified atom stereocenters. The van der Waals surface area contributed by atoms with E-state index in [0.29, 0.717) is 35.5 Å². The van der Waals surface area contributed by atoms with Crippen LogP contribution in [-0.4, -0.2) is 36.6 Å². The number of hydrogen-bond donors (Lipinski definition) is 0. The minimum absolute atomic E-state index is 0.183. The number of fused-ring (bicyclic) bond motifs is 9. The lowest BCUT2D eigenvalue weighted by atomic mass is 9.46. The van der Waals surface area contributed by atoms with Crippen LogP contribution in [0.1, 0.15) is 38.5 Å². The molecule has 30 heavy (non-hydrogen) atoms. The van der Waals surface area contributed by atoms with Crippen LogP contribution in [0, 0.1) is 35.5 Å². The molecule has 4 aliphatic carbocycles. The van der Waals surface area contributed by atoms with Crippen LogP contribution < -0.4 is 0 Å². The zero-order chi connectivity index (χ0) is 19.7.